The van der Waals surface area contributed by atoms with E-state index in [-0.39, 0.29) is 11.9 Å². The Morgan fingerprint density at radius 3 is 2.36 bits per heavy atom. The van der Waals surface area contributed by atoms with Crippen LogP contribution in [0.1, 0.15) is 5.89 Å². The number of alkyl halides is 1. The molecule has 6 nitrogen and oxygen atoms in total. The van der Waals surface area contributed by atoms with Crippen molar-refractivity contribution < 1.29 is 9.32 Å². The summed E-state index contributed by atoms with van der Waals surface area (Å²) in [6.45, 7) is 0. The number of rotatable bonds is 3. The molecule has 0 aliphatic carbocycles. The van der Waals surface area contributed by atoms with Crippen LogP contribution >= 0.6 is 11.6 Å². The molecule has 0 bridgehead atoms. The van der Waals surface area contributed by atoms with E-state index >= 15 is 0 Å². The molecule has 2 aromatic carbocycles. The number of benzene rings is 2. The number of halogens is 1. The second-order valence-electron chi connectivity index (χ2n) is 5.45. The zero-order valence-corrected chi connectivity index (χ0v) is 13.8. The molecule has 0 atom stereocenters. The number of nitrogens with zero attached hydrogens (tertiary/aromatic N) is 3. The molecule has 1 amide bonds. The Balaban J connectivity index is 1.51. The van der Waals surface area contributed by atoms with Gasteiger partial charge in [-0.15, -0.1) is 11.6 Å². The fourth-order valence-electron chi connectivity index (χ4n) is 2.52. The zero-order valence-electron chi connectivity index (χ0n) is 13.0. The molecule has 0 radical (unpaired) electrons. The number of amides is 1. The van der Waals surface area contributed by atoms with Crippen LogP contribution < -0.4 is 5.32 Å². The third kappa shape index (κ3) is 3.12. The first-order valence-corrected chi connectivity index (χ1v) is 8.13. The van der Waals surface area contributed by atoms with Crippen molar-refractivity contribution >= 4 is 34.1 Å². The second kappa shape index (κ2) is 6.41. The minimum atomic E-state index is -0.229. The Kier molecular flexibility index (Phi) is 3.95. The number of anilines is 1. The van der Waals surface area contributed by atoms with E-state index in [2.05, 4.69) is 15.5 Å². The highest BCUT2D eigenvalue weighted by molar-refractivity contribution is 6.16. The highest BCUT2D eigenvalue weighted by Gasteiger charge is 2.09. The van der Waals surface area contributed by atoms with Crippen LogP contribution in [-0.4, -0.2) is 20.7 Å². The Hall–Kier alpha value is -3.12. The van der Waals surface area contributed by atoms with Crippen molar-refractivity contribution in [2.45, 2.75) is 5.88 Å². The number of carbonyl (C=O) groups is 1. The highest BCUT2D eigenvalue weighted by atomic mass is 35.5. The van der Waals surface area contributed by atoms with Gasteiger partial charge in [0.2, 0.25) is 11.7 Å². The maximum absolute atomic E-state index is 12.4. The van der Waals surface area contributed by atoms with Gasteiger partial charge in [-0.05, 0) is 35.0 Å². The molecule has 4 aromatic rings. The number of fused-ring (bicyclic) bond motifs is 1. The molecule has 0 aliphatic rings. The minimum Gasteiger partial charge on any atom is -0.338 e. The fraction of sp³-hybridized carbons (Fsp3) is 0.0556. The summed E-state index contributed by atoms with van der Waals surface area (Å²) in [5.74, 6) is 1.01. The topological polar surface area (TPSA) is 73.0 Å². The fourth-order valence-corrected chi connectivity index (χ4v) is 2.63. The maximum Gasteiger partial charge on any atom is 0.329 e. The van der Waals surface area contributed by atoms with E-state index in [9.17, 15) is 4.79 Å². The summed E-state index contributed by atoms with van der Waals surface area (Å²) in [6, 6.07) is 14.8. The Morgan fingerprint density at radius 1 is 1.08 bits per heavy atom. The first-order valence-electron chi connectivity index (χ1n) is 7.60. The van der Waals surface area contributed by atoms with E-state index in [1.807, 2.05) is 36.4 Å². The van der Waals surface area contributed by atoms with Gasteiger partial charge in [-0.3, -0.25) is 4.57 Å². The quantitative estimate of drug-likeness (QED) is 0.550. The van der Waals surface area contributed by atoms with E-state index < -0.39 is 0 Å². The minimum absolute atomic E-state index is 0.173. The molecule has 0 saturated heterocycles. The molecule has 4 rings (SSSR count). The summed E-state index contributed by atoms with van der Waals surface area (Å²) in [4.78, 5) is 16.5. The Labute approximate surface area is 148 Å². The van der Waals surface area contributed by atoms with Crippen molar-refractivity contribution in [3.8, 4) is 11.4 Å². The lowest BCUT2D eigenvalue weighted by molar-refractivity contribution is 0.253. The molecule has 25 heavy (non-hydrogen) atoms. The van der Waals surface area contributed by atoms with Crippen molar-refractivity contribution in [1.82, 2.24) is 14.7 Å². The molecule has 2 aromatic heterocycles. The van der Waals surface area contributed by atoms with Crippen molar-refractivity contribution in [2.24, 2.45) is 0 Å². The SMILES string of the molecule is O=C(Nc1ccc(-c2noc(CCl)n2)cc1)n1cc2ccccc2c1. The number of hydrogen-bond donors (Lipinski definition) is 1. The van der Waals surface area contributed by atoms with Crippen LogP contribution in [0.3, 0.4) is 0 Å². The molecule has 124 valence electrons. The number of carbonyl (C=O) groups excluding carboxylic acids is 1. The largest absolute Gasteiger partial charge is 0.338 e. The molecular formula is C18H13ClN4O2. The molecular weight excluding hydrogens is 340 g/mol. The van der Waals surface area contributed by atoms with Gasteiger partial charge < -0.3 is 9.84 Å². The second-order valence-corrected chi connectivity index (χ2v) is 5.71. The lowest BCUT2D eigenvalue weighted by Gasteiger charge is -2.06. The van der Waals surface area contributed by atoms with Crippen molar-refractivity contribution in [3.63, 3.8) is 0 Å². The van der Waals surface area contributed by atoms with Crippen LogP contribution in [0, 0.1) is 0 Å². The van der Waals surface area contributed by atoms with Crippen LogP contribution in [0.5, 0.6) is 0 Å². The van der Waals surface area contributed by atoms with Gasteiger partial charge in [0.15, 0.2) is 0 Å². The van der Waals surface area contributed by atoms with E-state index in [0.717, 1.165) is 16.3 Å². The van der Waals surface area contributed by atoms with Gasteiger partial charge in [0.05, 0.1) is 0 Å². The lowest BCUT2D eigenvalue weighted by Crippen LogP contribution is -2.17. The van der Waals surface area contributed by atoms with Gasteiger partial charge in [-0.25, -0.2) is 4.79 Å². The highest BCUT2D eigenvalue weighted by Crippen LogP contribution is 2.20. The van der Waals surface area contributed by atoms with Crippen molar-refractivity contribution in [2.75, 3.05) is 5.32 Å². The predicted molar refractivity (Wildman–Crippen MR) is 95.6 cm³/mol. The van der Waals surface area contributed by atoms with Gasteiger partial charge >= 0.3 is 6.03 Å². The molecule has 0 saturated carbocycles. The zero-order chi connectivity index (χ0) is 17.2. The molecule has 1 N–H and O–H groups in total. The smallest absolute Gasteiger partial charge is 0.329 e. The summed E-state index contributed by atoms with van der Waals surface area (Å²) in [7, 11) is 0. The Bertz CT molecular complexity index is 1000. The van der Waals surface area contributed by atoms with Crippen molar-refractivity contribution in [1.29, 1.82) is 0 Å². The van der Waals surface area contributed by atoms with Crippen LogP contribution in [-0.2, 0) is 5.88 Å². The third-order valence-corrected chi connectivity index (χ3v) is 3.99. The summed E-state index contributed by atoms with van der Waals surface area (Å²) in [5.41, 5.74) is 1.46. The molecule has 0 unspecified atom stereocenters. The standard InChI is InChI=1S/C18H13ClN4O2/c19-9-16-21-17(22-25-16)12-5-7-15(8-6-12)20-18(24)23-10-13-3-1-2-4-14(13)11-23/h1-8,10-11H,9H2,(H,20,24). The first kappa shape index (κ1) is 15.4. The van der Waals surface area contributed by atoms with E-state index in [4.69, 9.17) is 16.1 Å². The molecule has 0 aliphatic heterocycles. The number of hydrogen-bond acceptors (Lipinski definition) is 4. The van der Waals surface area contributed by atoms with E-state index in [1.54, 1.807) is 24.5 Å². The monoisotopic (exact) mass is 352 g/mol. The van der Waals surface area contributed by atoms with Gasteiger partial charge in [-0.1, -0.05) is 29.4 Å². The van der Waals surface area contributed by atoms with E-state index in [1.165, 1.54) is 4.57 Å². The third-order valence-electron chi connectivity index (χ3n) is 3.76. The number of aromatic nitrogens is 3. The van der Waals surface area contributed by atoms with Crippen molar-refractivity contribution in [3.05, 3.63) is 66.8 Å². The van der Waals surface area contributed by atoms with Gasteiger partial charge in [0.25, 0.3) is 0 Å². The lowest BCUT2D eigenvalue weighted by atomic mass is 10.2. The molecule has 0 fully saturated rings. The van der Waals surface area contributed by atoms with E-state index in [0.29, 0.717) is 17.4 Å². The van der Waals surface area contributed by atoms with Crippen LogP contribution in [0.4, 0.5) is 10.5 Å². The summed E-state index contributed by atoms with van der Waals surface area (Å²) >= 11 is 5.65. The number of nitrogens with one attached hydrogen (secondary N) is 1. The van der Waals surface area contributed by atoms with Crippen LogP contribution in [0.2, 0.25) is 0 Å². The Morgan fingerprint density at radius 2 is 1.76 bits per heavy atom. The predicted octanol–water partition coefficient (Wildman–Crippen LogP) is 4.51. The normalized spacial score (nSPS) is 10.9. The van der Waals surface area contributed by atoms with Gasteiger partial charge in [0, 0.05) is 23.6 Å². The average molecular weight is 353 g/mol. The van der Waals surface area contributed by atoms with Crippen LogP contribution in [0.25, 0.3) is 22.2 Å². The van der Waals surface area contributed by atoms with Gasteiger partial charge in [0.1, 0.15) is 5.88 Å². The summed E-state index contributed by atoms with van der Waals surface area (Å²) in [6.07, 6.45) is 3.60. The molecule has 7 heteroatoms. The molecule has 2 heterocycles. The first-order chi connectivity index (χ1) is 12.2. The summed E-state index contributed by atoms with van der Waals surface area (Å²) in [5, 5.41) is 8.74. The molecule has 0 spiro atoms. The summed E-state index contributed by atoms with van der Waals surface area (Å²) < 4.78 is 6.52. The maximum atomic E-state index is 12.4. The van der Waals surface area contributed by atoms with Gasteiger partial charge in [-0.2, -0.15) is 4.98 Å². The van der Waals surface area contributed by atoms with Crippen LogP contribution in [0.15, 0.2) is 65.4 Å². The average Bonchev–Trinajstić information content (AvgIpc) is 3.29.